The molecule has 0 aromatic carbocycles. The van der Waals surface area contributed by atoms with Gasteiger partial charge in [0.15, 0.2) is 0 Å². The van der Waals surface area contributed by atoms with E-state index in [1.807, 2.05) is 0 Å². The molecule has 1 saturated heterocycles. The highest BCUT2D eigenvalue weighted by molar-refractivity contribution is 5.94. The lowest BCUT2D eigenvalue weighted by atomic mass is 10.3. The third-order valence-corrected chi connectivity index (χ3v) is 2.98. The van der Waals surface area contributed by atoms with Gasteiger partial charge < -0.3 is 10.2 Å². The molecule has 2 aliphatic rings. The maximum Gasteiger partial charge on any atom is 0.294 e. The van der Waals surface area contributed by atoms with Crippen molar-refractivity contribution < 1.29 is 9.59 Å². The molecule has 3 rings (SSSR count). The molecule has 7 nitrogen and oxygen atoms in total. The van der Waals surface area contributed by atoms with Gasteiger partial charge in [0.2, 0.25) is 11.7 Å². The highest BCUT2D eigenvalue weighted by Gasteiger charge is 2.30. The van der Waals surface area contributed by atoms with Crippen molar-refractivity contribution in [2.24, 2.45) is 0 Å². The van der Waals surface area contributed by atoms with Crippen LogP contribution >= 0.6 is 0 Å². The Morgan fingerprint density at radius 2 is 2.24 bits per heavy atom. The number of carbonyl (C=O) groups is 2. The summed E-state index contributed by atoms with van der Waals surface area (Å²) in [5.74, 6) is 0.982. The van der Waals surface area contributed by atoms with Crippen molar-refractivity contribution in [1.29, 1.82) is 0 Å². The smallest absolute Gasteiger partial charge is 0.294 e. The molecule has 0 radical (unpaired) electrons. The Morgan fingerprint density at radius 1 is 1.41 bits per heavy atom. The van der Waals surface area contributed by atoms with Gasteiger partial charge in [0.25, 0.3) is 5.91 Å². The van der Waals surface area contributed by atoms with Crippen LogP contribution in [0.25, 0.3) is 0 Å². The largest absolute Gasteiger partial charge is 0.353 e. The van der Waals surface area contributed by atoms with Gasteiger partial charge in [-0.3, -0.25) is 14.7 Å². The highest BCUT2D eigenvalue weighted by atomic mass is 16.2. The van der Waals surface area contributed by atoms with Crippen LogP contribution in [0.2, 0.25) is 0 Å². The first kappa shape index (κ1) is 10.2. The van der Waals surface area contributed by atoms with E-state index in [4.69, 9.17) is 0 Å². The van der Waals surface area contributed by atoms with Crippen molar-refractivity contribution in [1.82, 2.24) is 25.4 Å². The number of aromatic nitrogens is 3. The zero-order valence-corrected chi connectivity index (χ0v) is 9.27. The third-order valence-electron chi connectivity index (χ3n) is 2.98. The molecule has 0 spiro atoms. The number of rotatable bonds is 2. The quantitative estimate of drug-likeness (QED) is 0.706. The minimum atomic E-state index is -0.275. The number of amides is 2. The minimum absolute atomic E-state index is 0.0894. The van der Waals surface area contributed by atoms with Crippen LogP contribution < -0.4 is 5.32 Å². The normalized spacial score (nSPS) is 20.2. The molecule has 2 heterocycles. The first-order chi connectivity index (χ1) is 8.24. The molecule has 0 bridgehead atoms. The number of nitrogens with zero attached hydrogens (tertiary/aromatic N) is 3. The van der Waals surface area contributed by atoms with E-state index in [1.165, 1.54) is 4.90 Å². The third kappa shape index (κ3) is 2.00. The van der Waals surface area contributed by atoms with E-state index >= 15 is 0 Å². The number of aromatic amines is 1. The second-order valence-corrected chi connectivity index (χ2v) is 4.40. The molecule has 1 aromatic heterocycles. The van der Waals surface area contributed by atoms with Crippen molar-refractivity contribution >= 4 is 11.8 Å². The van der Waals surface area contributed by atoms with Gasteiger partial charge in [-0.15, -0.1) is 5.10 Å². The van der Waals surface area contributed by atoms with Gasteiger partial charge in [-0.05, 0) is 12.8 Å². The van der Waals surface area contributed by atoms with Crippen LogP contribution in [0.1, 0.15) is 35.2 Å². The minimum Gasteiger partial charge on any atom is -0.353 e. The molecule has 7 heteroatoms. The summed E-state index contributed by atoms with van der Waals surface area (Å²) in [4.78, 5) is 28.8. The maximum absolute atomic E-state index is 12.0. The average molecular weight is 235 g/mol. The van der Waals surface area contributed by atoms with Crippen LogP contribution in [0.3, 0.4) is 0 Å². The zero-order chi connectivity index (χ0) is 11.8. The van der Waals surface area contributed by atoms with Gasteiger partial charge in [0, 0.05) is 19.0 Å². The zero-order valence-electron chi connectivity index (χ0n) is 9.27. The summed E-state index contributed by atoms with van der Waals surface area (Å²) in [6.07, 6.45) is 2.21. The molecule has 0 atom stereocenters. The Kier molecular flexibility index (Phi) is 2.31. The van der Waals surface area contributed by atoms with Crippen molar-refractivity contribution in [3.63, 3.8) is 0 Å². The Morgan fingerprint density at radius 3 is 2.94 bits per heavy atom. The Balaban J connectivity index is 1.73. The number of hydrogen-bond acceptors (Lipinski definition) is 4. The fourth-order valence-electron chi connectivity index (χ4n) is 1.86. The molecule has 2 N–H and O–H groups in total. The molecule has 17 heavy (non-hydrogen) atoms. The topological polar surface area (TPSA) is 91.0 Å². The second kappa shape index (κ2) is 3.83. The number of H-pyrrole nitrogens is 1. The number of nitrogens with one attached hydrogen (secondary N) is 2. The van der Waals surface area contributed by atoms with Gasteiger partial charge in [-0.25, -0.2) is 4.98 Å². The fraction of sp³-hybridized carbons (Fsp3) is 0.600. The van der Waals surface area contributed by atoms with E-state index < -0.39 is 0 Å². The van der Waals surface area contributed by atoms with E-state index in [1.54, 1.807) is 0 Å². The lowest BCUT2D eigenvalue weighted by Crippen LogP contribution is -2.50. The van der Waals surface area contributed by atoms with E-state index in [0.717, 1.165) is 18.7 Å². The molecule has 0 unspecified atom stereocenters. The van der Waals surface area contributed by atoms with E-state index in [0.29, 0.717) is 19.0 Å². The van der Waals surface area contributed by atoms with Crippen molar-refractivity contribution in [3.8, 4) is 0 Å². The summed E-state index contributed by atoms with van der Waals surface area (Å²) in [6, 6.07) is 0. The summed E-state index contributed by atoms with van der Waals surface area (Å²) >= 11 is 0. The standard InChI is InChI=1S/C10H13N5O2/c16-7-5-15(4-3-11-7)10(17)9-12-8(13-14-9)6-1-2-6/h6H,1-5H2,(H,11,16)(H,12,13,14). The predicted octanol–water partition coefficient (Wildman–Crippen LogP) is -0.746. The molecule has 2 amide bonds. The van der Waals surface area contributed by atoms with E-state index in [2.05, 4.69) is 20.5 Å². The lowest BCUT2D eigenvalue weighted by Gasteiger charge is -2.25. The molecule has 2 fully saturated rings. The Hall–Kier alpha value is -1.92. The molecular weight excluding hydrogens is 222 g/mol. The average Bonchev–Trinajstić information content (AvgIpc) is 3.07. The van der Waals surface area contributed by atoms with Gasteiger partial charge in [0.05, 0.1) is 0 Å². The van der Waals surface area contributed by atoms with Gasteiger partial charge in [-0.2, -0.15) is 0 Å². The summed E-state index contributed by atoms with van der Waals surface area (Å²) in [5, 5.41) is 9.38. The summed E-state index contributed by atoms with van der Waals surface area (Å²) in [7, 11) is 0. The first-order valence-corrected chi connectivity index (χ1v) is 5.72. The molecule has 1 saturated carbocycles. The highest BCUT2D eigenvalue weighted by Crippen LogP contribution is 2.37. The van der Waals surface area contributed by atoms with Gasteiger partial charge in [-0.1, -0.05) is 0 Å². The fourth-order valence-corrected chi connectivity index (χ4v) is 1.86. The molecule has 1 aromatic rings. The van der Waals surface area contributed by atoms with Gasteiger partial charge in [0.1, 0.15) is 12.4 Å². The Labute approximate surface area is 97.6 Å². The van der Waals surface area contributed by atoms with Crippen LogP contribution in [-0.2, 0) is 4.79 Å². The monoisotopic (exact) mass is 235 g/mol. The maximum atomic E-state index is 12.0. The van der Waals surface area contributed by atoms with Crippen molar-refractivity contribution in [2.75, 3.05) is 19.6 Å². The molecule has 90 valence electrons. The number of hydrogen-bond donors (Lipinski definition) is 2. The SMILES string of the molecule is O=C1CN(C(=O)c2n[nH]c(C3CC3)n2)CCN1. The van der Waals surface area contributed by atoms with Crippen molar-refractivity contribution in [2.45, 2.75) is 18.8 Å². The second-order valence-electron chi connectivity index (χ2n) is 4.40. The summed E-state index contributed by atoms with van der Waals surface area (Å²) < 4.78 is 0. The van der Waals surface area contributed by atoms with Gasteiger partial charge >= 0.3 is 0 Å². The summed E-state index contributed by atoms with van der Waals surface area (Å²) in [5.41, 5.74) is 0. The van der Waals surface area contributed by atoms with Crippen LogP contribution in [0.15, 0.2) is 0 Å². The first-order valence-electron chi connectivity index (χ1n) is 5.72. The van der Waals surface area contributed by atoms with Crippen LogP contribution in [0.5, 0.6) is 0 Å². The van der Waals surface area contributed by atoms with Crippen LogP contribution in [-0.4, -0.2) is 51.5 Å². The van der Waals surface area contributed by atoms with Crippen molar-refractivity contribution in [3.05, 3.63) is 11.6 Å². The number of piperazine rings is 1. The predicted molar refractivity (Wildman–Crippen MR) is 57.3 cm³/mol. The van der Waals surface area contributed by atoms with Crippen LogP contribution in [0, 0.1) is 0 Å². The number of carbonyl (C=O) groups excluding carboxylic acids is 2. The van der Waals surface area contributed by atoms with E-state index in [9.17, 15) is 9.59 Å². The van der Waals surface area contributed by atoms with E-state index in [-0.39, 0.29) is 24.2 Å². The molecular formula is C10H13N5O2. The molecule has 1 aliphatic heterocycles. The summed E-state index contributed by atoms with van der Waals surface area (Å²) in [6.45, 7) is 1.09. The Bertz CT molecular complexity index is 465. The molecule has 1 aliphatic carbocycles. The van der Waals surface area contributed by atoms with Crippen LogP contribution in [0.4, 0.5) is 0 Å². The lowest BCUT2D eigenvalue weighted by molar-refractivity contribution is -0.123.